The van der Waals surface area contributed by atoms with E-state index in [4.69, 9.17) is 34.8 Å². The van der Waals surface area contributed by atoms with Gasteiger partial charge in [-0.05, 0) is 49.2 Å². The number of sulfonamides is 1. The number of benzene rings is 2. The highest BCUT2D eigenvalue weighted by Gasteiger charge is 2.30. The predicted octanol–water partition coefficient (Wildman–Crippen LogP) is 4.89. The molecule has 2 aromatic rings. The van der Waals surface area contributed by atoms with Crippen LogP contribution in [0.5, 0.6) is 0 Å². The molecule has 2 rings (SSSR count). The van der Waals surface area contributed by atoms with Crippen molar-refractivity contribution < 1.29 is 22.4 Å². The smallest absolute Gasteiger partial charge is 0.244 e. The summed E-state index contributed by atoms with van der Waals surface area (Å²) in [5.41, 5.74) is 0.533. The summed E-state index contributed by atoms with van der Waals surface area (Å²) in [6.45, 7) is 3.25. The van der Waals surface area contributed by atoms with Crippen molar-refractivity contribution in [3.05, 3.63) is 62.8 Å². The van der Waals surface area contributed by atoms with Gasteiger partial charge in [0.2, 0.25) is 21.8 Å². The molecule has 0 aromatic heterocycles. The molecule has 0 heterocycles. The fourth-order valence-corrected chi connectivity index (χ4v) is 4.69. The maximum atomic E-state index is 13.6. The van der Waals surface area contributed by atoms with Gasteiger partial charge in [-0.3, -0.25) is 13.9 Å². The molecule has 0 saturated heterocycles. The van der Waals surface area contributed by atoms with Gasteiger partial charge in [-0.1, -0.05) is 54.2 Å². The molecule has 12 heteroatoms. The van der Waals surface area contributed by atoms with E-state index in [0.29, 0.717) is 22.2 Å². The van der Waals surface area contributed by atoms with Crippen LogP contribution in [0.15, 0.2) is 36.4 Å². The van der Waals surface area contributed by atoms with Gasteiger partial charge >= 0.3 is 0 Å². The lowest BCUT2D eigenvalue weighted by Crippen LogP contribution is -2.51. The summed E-state index contributed by atoms with van der Waals surface area (Å²) < 4.78 is 39.5. The minimum absolute atomic E-state index is 0.0109. The molecule has 7 nitrogen and oxygen atoms in total. The fraction of sp³-hybridized carbons (Fsp3) is 0.391. The van der Waals surface area contributed by atoms with Gasteiger partial charge in [-0.15, -0.1) is 0 Å². The van der Waals surface area contributed by atoms with E-state index >= 15 is 0 Å². The largest absolute Gasteiger partial charge is 0.354 e. The highest BCUT2D eigenvalue weighted by molar-refractivity contribution is 7.92. The number of halogens is 4. The molecule has 35 heavy (non-hydrogen) atoms. The second-order valence-corrected chi connectivity index (χ2v) is 11.1. The fourth-order valence-electron chi connectivity index (χ4n) is 3.21. The molecular weight excluding hydrogens is 540 g/mol. The Labute approximate surface area is 220 Å². The molecule has 0 aliphatic carbocycles. The lowest BCUT2D eigenvalue weighted by Gasteiger charge is -2.31. The summed E-state index contributed by atoms with van der Waals surface area (Å²) in [6, 6.07) is 7.13. The van der Waals surface area contributed by atoms with E-state index in [9.17, 15) is 22.4 Å². The topological polar surface area (TPSA) is 86.8 Å². The molecule has 192 valence electrons. The Morgan fingerprint density at radius 1 is 1.09 bits per heavy atom. The first kappa shape index (κ1) is 29.2. The molecule has 1 atom stereocenters. The van der Waals surface area contributed by atoms with Gasteiger partial charge < -0.3 is 10.2 Å². The van der Waals surface area contributed by atoms with Crippen molar-refractivity contribution in [3.8, 4) is 0 Å². The number of anilines is 1. The van der Waals surface area contributed by atoms with Gasteiger partial charge in [-0.2, -0.15) is 0 Å². The summed E-state index contributed by atoms with van der Waals surface area (Å²) in [7, 11) is -3.97. The van der Waals surface area contributed by atoms with Crippen molar-refractivity contribution in [1.82, 2.24) is 10.2 Å². The Morgan fingerprint density at radius 2 is 1.77 bits per heavy atom. The molecule has 0 fully saturated rings. The van der Waals surface area contributed by atoms with Crippen LogP contribution in [0.4, 0.5) is 10.1 Å². The van der Waals surface area contributed by atoms with Crippen molar-refractivity contribution >= 4 is 62.3 Å². The van der Waals surface area contributed by atoms with E-state index in [1.807, 2.05) is 6.92 Å². The standard InChI is InChI=1S/C23H27Cl3FN3O4S/c1-4-5-10-28-23(32)15(2)29(13-16-6-7-17(24)11-19(16)25)22(31)14-30(35(3,33)34)18-8-9-21(27)20(26)12-18/h6-9,11-12,15H,4-5,10,13-14H2,1-3H3,(H,28,32)/t15-/m0/s1. The number of rotatable bonds is 11. The van der Waals surface area contributed by atoms with E-state index in [-0.39, 0.29) is 17.3 Å². The maximum Gasteiger partial charge on any atom is 0.244 e. The lowest BCUT2D eigenvalue weighted by molar-refractivity contribution is -0.139. The second kappa shape index (κ2) is 12.8. The molecule has 1 N–H and O–H groups in total. The number of carbonyl (C=O) groups excluding carboxylic acids is 2. The predicted molar refractivity (Wildman–Crippen MR) is 138 cm³/mol. The Bertz CT molecular complexity index is 1180. The van der Waals surface area contributed by atoms with E-state index < -0.39 is 40.2 Å². The van der Waals surface area contributed by atoms with Crippen molar-refractivity contribution in [3.63, 3.8) is 0 Å². The van der Waals surface area contributed by atoms with Crippen molar-refractivity contribution in [1.29, 1.82) is 0 Å². The van der Waals surface area contributed by atoms with Gasteiger partial charge in [0.1, 0.15) is 18.4 Å². The molecule has 0 unspecified atom stereocenters. The van der Waals surface area contributed by atoms with Crippen LogP contribution in [0.1, 0.15) is 32.3 Å². The molecule has 0 aliphatic heterocycles. The van der Waals surface area contributed by atoms with Crippen LogP contribution in [0, 0.1) is 5.82 Å². The van der Waals surface area contributed by atoms with E-state index in [0.717, 1.165) is 35.5 Å². The first-order valence-corrected chi connectivity index (χ1v) is 13.8. The summed E-state index contributed by atoms with van der Waals surface area (Å²) in [6.07, 6.45) is 2.56. The molecule has 0 bridgehead atoms. The van der Waals surface area contributed by atoms with Gasteiger partial charge in [0, 0.05) is 23.1 Å². The zero-order chi connectivity index (χ0) is 26.3. The lowest BCUT2D eigenvalue weighted by atomic mass is 10.1. The zero-order valence-corrected chi connectivity index (χ0v) is 22.6. The summed E-state index contributed by atoms with van der Waals surface area (Å²) in [5.74, 6) is -1.79. The van der Waals surface area contributed by atoms with Crippen LogP contribution in [0.3, 0.4) is 0 Å². The summed E-state index contributed by atoms with van der Waals surface area (Å²) in [4.78, 5) is 27.5. The average Bonchev–Trinajstić information content (AvgIpc) is 2.77. The number of hydrogen-bond acceptors (Lipinski definition) is 4. The summed E-state index contributed by atoms with van der Waals surface area (Å²) in [5, 5.41) is 3.18. The van der Waals surface area contributed by atoms with Gasteiger partial charge in [0.15, 0.2) is 0 Å². The van der Waals surface area contributed by atoms with Crippen molar-refractivity contribution in [2.24, 2.45) is 0 Å². The Kier molecular flexibility index (Phi) is 10.6. The van der Waals surface area contributed by atoms with Gasteiger partial charge in [0.05, 0.1) is 17.0 Å². The first-order chi connectivity index (χ1) is 16.3. The normalized spacial score (nSPS) is 12.2. The quantitative estimate of drug-likeness (QED) is 0.393. The third-order valence-electron chi connectivity index (χ3n) is 5.22. The minimum Gasteiger partial charge on any atom is -0.354 e. The van der Waals surface area contributed by atoms with E-state index in [1.165, 1.54) is 17.0 Å². The number of carbonyl (C=O) groups is 2. The highest BCUT2D eigenvalue weighted by Crippen LogP contribution is 2.26. The van der Waals surface area contributed by atoms with Gasteiger partial charge in [0.25, 0.3) is 0 Å². The number of hydrogen-bond donors (Lipinski definition) is 1. The minimum atomic E-state index is -3.97. The Hall–Kier alpha value is -2.07. The van der Waals surface area contributed by atoms with Crippen LogP contribution in [-0.2, 0) is 26.2 Å². The SMILES string of the molecule is CCCCNC(=O)[C@H](C)N(Cc1ccc(Cl)cc1Cl)C(=O)CN(c1ccc(F)c(Cl)c1)S(C)(=O)=O. The van der Waals surface area contributed by atoms with Gasteiger partial charge in [-0.25, -0.2) is 12.8 Å². The number of amides is 2. The zero-order valence-electron chi connectivity index (χ0n) is 19.5. The molecule has 2 aromatic carbocycles. The van der Waals surface area contributed by atoms with Crippen LogP contribution >= 0.6 is 34.8 Å². The molecule has 0 saturated carbocycles. The van der Waals surface area contributed by atoms with Crippen molar-refractivity contribution in [2.75, 3.05) is 23.7 Å². The van der Waals surface area contributed by atoms with E-state index in [2.05, 4.69) is 5.32 Å². The number of nitrogens with zero attached hydrogens (tertiary/aromatic N) is 2. The monoisotopic (exact) mass is 565 g/mol. The first-order valence-electron chi connectivity index (χ1n) is 10.8. The van der Waals surface area contributed by atoms with Crippen molar-refractivity contribution in [2.45, 2.75) is 39.3 Å². The Balaban J connectivity index is 2.40. The third kappa shape index (κ3) is 8.24. The van der Waals surface area contributed by atoms with E-state index in [1.54, 1.807) is 19.1 Å². The highest BCUT2D eigenvalue weighted by atomic mass is 35.5. The Morgan fingerprint density at radius 3 is 2.34 bits per heavy atom. The maximum absolute atomic E-state index is 13.6. The van der Waals surface area contributed by atoms with Crippen LogP contribution in [0.2, 0.25) is 15.1 Å². The molecule has 0 spiro atoms. The molecular formula is C23H27Cl3FN3O4S. The molecule has 0 aliphatic rings. The molecule has 0 radical (unpaired) electrons. The average molecular weight is 567 g/mol. The number of unbranched alkanes of at least 4 members (excludes halogenated alkanes) is 1. The second-order valence-electron chi connectivity index (χ2n) is 7.95. The molecule has 2 amide bonds. The summed E-state index contributed by atoms with van der Waals surface area (Å²) >= 11 is 18.1. The van der Waals surface area contributed by atoms with Crippen LogP contribution < -0.4 is 9.62 Å². The van der Waals surface area contributed by atoms with Crippen LogP contribution in [-0.4, -0.2) is 50.5 Å². The number of nitrogens with one attached hydrogen (secondary N) is 1. The third-order valence-corrected chi connectivity index (χ3v) is 7.24. The van der Waals surface area contributed by atoms with Crippen LogP contribution in [0.25, 0.3) is 0 Å².